The van der Waals surface area contributed by atoms with Crippen molar-refractivity contribution >= 4 is 5.97 Å². The van der Waals surface area contributed by atoms with Crippen LogP contribution in [0.1, 0.15) is 23.2 Å². The lowest BCUT2D eigenvalue weighted by molar-refractivity contribution is 0.0224. The van der Waals surface area contributed by atoms with Crippen LogP contribution in [0.15, 0.2) is 30.3 Å². The second-order valence-electron chi connectivity index (χ2n) is 3.48. The molecule has 0 spiro atoms. The Morgan fingerprint density at radius 2 is 2.00 bits per heavy atom. The van der Waals surface area contributed by atoms with E-state index in [0.29, 0.717) is 18.4 Å². The lowest BCUT2D eigenvalue weighted by atomic mass is 10.2. The minimum atomic E-state index is -0.709. The maximum Gasteiger partial charge on any atom is 0.338 e. The second kappa shape index (κ2) is 6.98. The molecule has 88 valence electrons. The van der Waals surface area contributed by atoms with Crippen LogP contribution < -0.4 is 0 Å². The zero-order chi connectivity index (χ0) is 11.8. The molecule has 4 nitrogen and oxygen atoms in total. The van der Waals surface area contributed by atoms with Gasteiger partial charge in [-0.3, -0.25) is 0 Å². The lowest BCUT2D eigenvalue weighted by Crippen LogP contribution is -2.19. The van der Waals surface area contributed by atoms with Gasteiger partial charge in [-0.15, -0.1) is 0 Å². The fourth-order valence-electron chi connectivity index (χ4n) is 1.24. The van der Waals surface area contributed by atoms with Gasteiger partial charge in [0.1, 0.15) is 6.61 Å². The Morgan fingerprint density at radius 3 is 2.62 bits per heavy atom. The first-order chi connectivity index (χ1) is 7.74. The van der Waals surface area contributed by atoms with Crippen molar-refractivity contribution in [2.75, 3.05) is 13.2 Å². The fraction of sp³-hybridized carbons (Fsp3) is 0.417. The van der Waals surface area contributed by atoms with Crippen molar-refractivity contribution in [2.45, 2.75) is 18.9 Å². The van der Waals surface area contributed by atoms with E-state index in [1.54, 1.807) is 24.3 Å². The molecule has 0 fully saturated rings. The van der Waals surface area contributed by atoms with Gasteiger partial charge in [0.05, 0.1) is 11.7 Å². The highest BCUT2D eigenvalue weighted by Gasteiger charge is 2.09. The van der Waals surface area contributed by atoms with Crippen LogP contribution in [0, 0.1) is 0 Å². The molecule has 0 amide bonds. The summed E-state index contributed by atoms with van der Waals surface area (Å²) in [7, 11) is 0. The molecular weight excluding hydrogens is 208 g/mol. The van der Waals surface area contributed by atoms with Crippen molar-refractivity contribution in [1.29, 1.82) is 0 Å². The molecule has 0 saturated carbocycles. The van der Waals surface area contributed by atoms with E-state index in [1.807, 2.05) is 6.07 Å². The van der Waals surface area contributed by atoms with Gasteiger partial charge in [-0.25, -0.2) is 4.79 Å². The number of aliphatic hydroxyl groups is 2. The normalized spacial score (nSPS) is 12.1. The molecule has 1 aromatic carbocycles. The summed E-state index contributed by atoms with van der Waals surface area (Å²) in [4.78, 5) is 11.4. The maximum atomic E-state index is 11.4. The molecule has 16 heavy (non-hydrogen) atoms. The summed E-state index contributed by atoms with van der Waals surface area (Å²) in [5.74, 6) is -0.441. The molecule has 0 aliphatic carbocycles. The Hall–Kier alpha value is -1.39. The van der Waals surface area contributed by atoms with Crippen LogP contribution >= 0.6 is 0 Å². The van der Waals surface area contributed by atoms with Crippen LogP contribution in [0.25, 0.3) is 0 Å². The summed E-state index contributed by atoms with van der Waals surface area (Å²) in [5.41, 5.74) is 0.469. The summed E-state index contributed by atoms with van der Waals surface area (Å²) in [6.07, 6.45) is 0.225. The third-order valence-electron chi connectivity index (χ3n) is 2.11. The second-order valence-corrected chi connectivity index (χ2v) is 3.48. The number of aliphatic hydroxyl groups excluding tert-OH is 2. The molecule has 0 heterocycles. The van der Waals surface area contributed by atoms with Gasteiger partial charge in [0.25, 0.3) is 0 Å². The van der Waals surface area contributed by atoms with Gasteiger partial charge in [0.2, 0.25) is 0 Å². The Bertz CT molecular complexity index is 310. The molecule has 0 saturated heterocycles. The molecule has 0 aromatic heterocycles. The summed E-state index contributed by atoms with van der Waals surface area (Å²) < 4.78 is 4.92. The van der Waals surface area contributed by atoms with E-state index in [2.05, 4.69) is 0 Å². The van der Waals surface area contributed by atoms with Crippen LogP contribution in [-0.2, 0) is 4.74 Å². The predicted octanol–water partition coefficient (Wildman–Crippen LogP) is 0.977. The highest BCUT2D eigenvalue weighted by Crippen LogP contribution is 2.03. The van der Waals surface area contributed by atoms with E-state index in [4.69, 9.17) is 9.84 Å². The zero-order valence-corrected chi connectivity index (χ0v) is 9.00. The lowest BCUT2D eigenvalue weighted by Gasteiger charge is -2.10. The van der Waals surface area contributed by atoms with Crippen LogP contribution in [0.4, 0.5) is 0 Å². The molecule has 2 N–H and O–H groups in total. The van der Waals surface area contributed by atoms with Gasteiger partial charge in [-0.1, -0.05) is 18.2 Å². The Balaban J connectivity index is 2.30. The number of carbonyl (C=O) groups excluding carboxylic acids is 1. The number of hydrogen-bond acceptors (Lipinski definition) is 4. The number of esters is 1. The summed E-state index contributed by atoms with van der Waals surface area (Å²) in [5, 5.41) is 17.9. The number of carbonyl (C=O) groups is 1. The molecule has 1 aromatic rings. The predicted molar refractivity (Wildman–Crippen MR) is 59.1 cm³/mol. The minimum Gasteiger partial charge on any atom is -0.459 e. The Labute approximate surface area is 94.5 Å². The van der Waals surface area contributed by atoms with Gasteiger partial charge in [0, 0.05) is 6.61 Å². The molecule has 1 atom stereocenters. The Morgan fingerprint density at radius 1 is 1.31 bits per heavy atom. The molecular formula is C12H16O4. The number of ether oxygens (including phenoxy) is 1. The smallest absolute Gasteiger partial charge is 0.338 e. The third-order valence-corrected chi connectivity index (χ3v) is 2.11. The highest BCUT2D eigenvalue weighted by atomic mass is 16.5. The first-order valence-electron chi connectivity index (χ1n) is 5.25. The van der Waals surface area contributed by atoms with Gasteiger partial charge in [-0.05, 0) is 25.0 Å². The summed E-state index contributed by atoms with van der Waals surface area (Å²) >= 11 is 0. The van der Waals surface area contributed by atoms with Crippen molar-refractivity contribution in [2.24, 2.45) is 0 Å². The zero-order valence-electron chi connectivity index (χ0n) is 9.00. The van der Waals surface area contributed by atoms with E-state index in [0.717, 1.165) is 0 Å². The third kappa shape index (κ3) is 4.42. The van der Waals surface area contributed by atoms with Gasteiger partial charge in [-0.2, -0.15) is 0 Å². The fourth-order valence-corrected chi connectivity index (χ4v) is 1.24. The number of benzene rings is 1. The average Bonchev–Trinajstić information content (AvgIpc) is 2.34. The SMILES string of the molecule is O=C(OC[C@@H](O)CCCO)c1ccccc1. The van der Waals surface area contributed by atoms with Crippen LogP contribution in [0.5, 0.6) is 0 Å². The summed E-state index contributed by atoms with van der Waals surface area (Å²) in [6, 6.07) is 8.62. The van der Waals surface area contributed by atoms with E-state index in [-0.39, 0.29) is 13.2 Å². The van der Waals surface area contributed by atoms with Crippen molar-refractivity contribution in [1.82, 2.24) is 0 Å². The van der Waals surface area contributed by atoms with Crippen molar-refractivity contribution < 1.29 is 19.7 Å². The maximum absolute atomic E-state index is 11.4. The number of rotatable bonds is 6. The Kier molecular flexibility index (Phi) is 5.53. The molecule has 1 rings (SSSR count). The highest BCUT2D eigenvalue weighted by molar-refractivity contribution is 5.89. The first kappa shape index (κ1) is 12.7. The van der Waals surface area contributed by atoms with E-state index in [9.17, 15) is 9.90 Å². The van der Waals surface area contributed by atoms with Crippen LogP contribution in [0.3, 0.4) is 0 Å². The van der Waals surface area contributed by atoms with Crippen LogP contribution in [0.2, 0.25) is 0 Å². The molecule has 0 bridgehead atoms. The first-order valence-corrected chi connectivity index (χ1v) is 5.25. The van der Waals surface area contributed by atoms with Crippen molar-refractivity contribution in [3.05, 3.63) is 35.9 Å². The van der Waals surface area contributed by atoms with Crippen molar-refractivity contribution in [3.63, 3.8) is 0 Å². The molecule has 0 aliphatic heterocycles. The quantitative estimate of drug-likeness (QED) is 0.707. The van der Waals surface area contributed by atoms with E-state index < -0.39 is 12.1 Å². The molecule has 0 unspecified atom stereocenters. The monoisotopic (exact) mass is 224 g/mol. The summed E-state index contributed by atoms with van der Waals surface area (Å²) in [6.45, 7) is -0.00256. The van der Waals surface area contributed by atoms with Gasteiger partial charge >= 0.3 is 5.97 Å². The van der Waals surface area contributed by atoms with E-state index in [1.165, 1.54) is 0 Å². The number of hydrogen-bond donors (Lipinski definition) is 2. The molecule has 0 radical (unpaired) electrons. The standard InChI is InChI=1S/C12H16O4/c13-8-4-7-11(14)9-16-12(15)10-5-2-1-3-6-10/h1-3,5-6,11,13-14H,4,7-9H2/t11-/m0/s1. The van der Waals surface area contributed by atoms with Gasteiger partial charge in [0.15, 0.2) is 0 Å². The minimum absolute atomic E-state index is 0.0314. The van der Waals surface area contributed by atoms with E-state index >= 15 is 0 Å². The van der Waals surface area contributed by atoms with Crippen LogP contribution in [-0.4, -0.2) is 35.5 Å². The molecule has 4 heteroatoms. The van der Waals surface area contributed by atoms with Gasteiger partial charge < -0.3 is 14.9 Å². The molecule has 0 aliphatic rings. The largest absolute Gasteiger partial charge is 0.459 e. The van der Waals surface area contributed by atoms with Crippen molar-refractivity contribution in [3.8, 4) is 0 Å². The topological polar surface area (TPSA) is 66.8 Å². The average molecular weight is 224 g/mol.